The number of fused-ring (bicyclic) bond motifs is 4. The molecule has 0 bridgehead atoms. The molecule has 0 saturated heterocycles. The Labute approximate surface area is 264 Å². The maximum Gasteiger partial charge on any atom is 0.279 e. The Morgan fingerprint density at radius 3 is 1.24 bits per heavy atom. The Morgan fingerprint density at radius 2 is 0.891 bits per heavy atom. The zero-order valence-corrected chi connectivity index (χ0v) is 27.2. The van der Waals surface area contributed by atoms with Crippen LogP contribution in [0.1, 0.15) is 48.5 Å². The predicted octanol–water partition coefficient (Wildman–Crippen LogP) is 8.04. The molecule has 0 aliphatic heterocycles. The van der Waals surface area contributed by atoms with E-state index in [4.69, 9.17) is 4.43 Å². The predicted molar refractivity (Wildman–Crippen MR) is 177 cm³/mol. The van der Waals surface area contributed by atoms with Gasteiger partial charge in [-0.2, -0.15) is 0 Å². The minimum atomic E-state index is -0.765. The molecule has 0 aromatic heterocycles. The molecular weight excluding hydrogens is 612 g/mol. The molecule has 0 fully saturated rings. The summed E-state index contributed by atoms with van der Waals surface area (Å²) >= 11 is 0. The van der Waals surface area contributed by atoms with Crippen molar-refractivity contribution in [3.05, 3.63) is 95.1 Å². The molecular formula is C32H30N4O9Si. The van der Waals surface area contributed by atoms with Crippen LogP contribution in [0.2, 0.25) is 0 Å². The quantitative estimate of drug-likeness (QED) is 0.0734. The van der Waals surface area contributed by atoms with Gasteiger partial charge in [0.05, 0.1) is 52.0 Å². The third-order valence-corrected chi connectivity index (χ3v) is 10.2. The van der Waals surface area contributed by atoms with Crippen LogP contribution in [0.4, 0.5) is 22.7 Å². The molecule has 5 aromatic carbocycles. The fourth-order valence-electron chi connectivity index (χ4n) is 6.03. The number of nitro groups is 4. The van der Waals surface area contributed by atoms with Crippen LogP contribution in [0.5, 0.6) is 0 Å². The molecule has 0 atom stereocenters. The van der Waals surface area contributed by atoms with E-state index < -0.39 is 35.1 Å². The Hall–Kier alpha value is -5.08. The Kier molecular flexibility index (Phi) is 7.57. The lowest BCUT2D eigenvalue weighted by Crippen LogP contribution is -2.54. The van der Waals surface area contributed by atoms with Crippen molar-refractivity contribution in [1.29, 1.82) is 0 Å². The largest absolute Gasteiger partial charge is 0.405 e. The van der Waals surface area contributed by atoms with Gasteiger partial charge < -0.3 is 4.43 Å². The van der Waals surface area contributed by atoms with Crippen molar-refractivity contribution in [1.82, 2.24) is 0 Å². The molecule has 46 heavy (non-hydrogen) atoms. The number of hydrogen-bond donors (Lipinski definition) is 0. The molecule has 0 amide bonds. The normalized spacial score (nSPS) is 12.7. The van der Waals surface area contributed by atoms with Crippen LogP contribution in [-0.4, -0.2) is 35.1 Å². The number of benzene rings is 5. The fourth-order valence-corrected chi connectivity index (χ4v) is 7.48. The Bertz CT molecular complexity index is 2150. The summed E-state index contributed by atoms with van der Waals surface area (Å²) in [4.78, 5) is 46.0. The fraction of sp³-hybridized carbons (Fsp3) is 0.312. The number of hydrogen-bond acceptors (Lipinski definition) is 9. The van der Waals surface area contributed by atoms with Gasteiger partial charge in [-0.1, -0.05) is 41.5 Å². The van der Waals surface area contributed by atoms with E-state index in [0.29, 0.717) is 21.5 Å². The molecule has 5 aromatic rings. The van der Waals surface area contributed by atoms with Crippen LogP contribution in [0.25, 0.3) is 43.1 Å². The SMILES string of the molecule is CC(C)(C)C(C)(O[Si]c1cc([N+](=O)[O-])c2cc3cc4cc5c([N+](=O)[O-])ccc([N+](=O)[O-])c5cc4cc3cc2c1[N+](=O)[O-])C(C)(C)C. The van der Waals surface area contributed by atoms with Crippen molar-refractivity contribution in [3.63, 3.8) is 0 Å². The molecule has 0 saturated carbocycles. The topological polar surface area (TPSA) is 182 Å². The molecule has 0 aliphatic rings. The van der Waals surface area contributed by atoms with Gasteiger partial charge in [0, 0.05) is 18.2 Å². The van der Waals surface area contributed by atoms with Gasteiger partial charge in [0.2, 0.25) is 0 Å². The lowest BCUT2D eigenvalue weighted by atomic mass is 9.64. The van der Waals surface area contributed by atoms with Crippen LogP contribution in [0.3, 0.4) is 0 Å². The summed E-state index contributed by atoms with van der Waals surface area (Å²) in [5.74, 6) is 0. The first-order valence-corrected chi connectivity index (χ1v) is 15.1. The average molecular weight is 643 g/mol. The van der Waals surface area contributed by atoms with E-state index >= 15 is 0 Å². The summed E-state index contributed by atoms with van der Waals surface area (Å²) in [6, 6.07) is 12.6. The lowest BCUT2D eigenvalue weighted by molar-refractivity contribution is -0.386. The van der Waals surface area contributed by atoms with E-state index in [1.165, 1.54) is 30.3 Å². The van der Waals surface area contributed by atoms with Crippen molar-refractivity contribution in [2.45, 2.75) is 54.1 Å². The number of nitrogens with zero attached hydrogens (tertiary/aromatic N) is 4. The first-order chi connectivity index (χ1) is 21.2. The first kappa shape index (κ1) is 32.3. The molecule has 0 heterocycles. The van der Waals surface area contributed by atoms with Crippen molar-refractivity contribution < 1.29 is 24.1 Å². The molecule has 14 heteroatoms. The van der Waals surface area contributed by atoms with Crippen LogP contribution >= 0.6 is 0 Å². The summed E-state index contributed by atoms with van der Waals surface area (Å²) < 4.78 is 6.46. The molecule has 236 valence electrons. The van der Waals surface area contributed by atoms with Gasteiger partial charge in [-0.25, -0.2) is 0 Å². The van der Waals surface area contributed by atoms with Gasteiger partial charge in [-0.05, 0) is 75.7 Å². The van der Waals surface area contributed by atoms with Crippen LogP contribution in [0.15, 0.2) is 54.6 Å². The Morgan fingerprint density at radius 1 is 0.522 bits per heavy atom. The second-order valence-corrected chi connectivity index (χ2v) is 14.5. The zero-order valence-electron chi connectivity index (χ0n) is 26.2. The molecule has 0 N–H and O–H groups in total. The van der Waals surface area contributed by atoms with Gasteiger partial charge in [0.25, 0.3) is 32.5 Å². The minimum Gasteiger partial charge on any atom is -0.405 e. The third kappa shape index (κ3) is 5.18. The first-order valence-electron chi connectivity index (χ1n) is 14.2. The summed E-state index contributed by atoms with van der Waals surface area (Å²) in [7, 11) is -0.575. The third-order valence-electron chi connectivity index (χ3n) is 9.09. The van der Waals surface area contributed by atoms with Crippen molar-refractivity contribution in [2.75, 3.05) is 0 Å². The molecule has 2 radical (unpaired) electrons. The maximum atomic E-state index is 12.6. The zero-order chi connectivity index (χ0) is 34.1. The van der Waals surface area contributed by atoms with Gasteiger partial charge in [-0.3, -0.25) is 40.5 Å². The average Bonchev–Trinajstić information content (AvgIpc) is 2.93. The lowest BCUT2D eigenvalue weighted by Gasteiger charge is -2.51. The molecule has 5 rings (SSSR count). The summed E-state index contributed by atoms with van der Waals surface area (Å²) in [6.07, 6.45) is 0. The van der Waals surface area contributed by atoms with Gasteiger partial charge in [0.15, 0.2) is 0 Å². The van der Waals surface area contributed by atoms with Crippen molar-refractivity contribution in [3.8, 4) is 0 Å². The van der Waals surface area contributed by atoms with E-state index in [9.17, 15) is 40.5 Å². The van der Waals surface area contributed by atoms with Gasteiger partial charge >= 0.3 is 0 Å². The highest BCUT2D eigenvalue weighted by Gasteiger charge is 2.48. The van der Waals surface area contributed by atoms with E-state index in [2.05, 4.69) is 0 Å². The number of non-ortho nitro benzene ring substituents is 3. The standard InChI is InChI=1S/C32H30N4O9Si/c1-30(2,3)32(7,31(4,5)6)45-46-28-16-27(35(41)42)23-14-19-10-17-12-21-22(26(34(39)40)9-8-25(21)33(37)38)13-18(17)11-20(19)15-24(23)29(28)36(43)44/h8-16H,1-7H3. The van der Waals surface area contributed by atoms with E-state index in [1.807, 2.05) is 48.5 Å². The number of rotatable bonds is 7. The maximum absolute atomic E-state index is 12.6. The van der Waals surface area contributed by atoms with Gasteiger partial charge in [0.1, 0.15) is 0 Å². The van der Waals surface area contributed by atoms with Gasteiger partial charge in [-0.15, -0.1) is 0 Å². The highest BCUT2D eigenvalue weighted by atomic mass is 28.2. The Balaban J connectivity index is 1.80. The molecule has 0 unspecified atom stereocenters. The summed E-state index contributed by atoms with van der Waals surface area (Å²) in [6.45, 7) is 14.0. The van der Waals surface area contributed by atoms with E-state index in [1.54, 1.807) is 12.1 Å². The second kappa shape index (κ2) is 10.8. The number of nitro benzene ring substituents is 4. The molecule has 0 spiro atoms. The van der Waals surface area contributed by atoms with Crippen molar-refractivity contribution in [2.24, 2.45) is 10.8 Å². The minimum absolute atomic E-state index is 0.0489. The summed E-state index contributed by atoms with van der Waals surface area (Å²) in [5, 5.41) is 50.6. The van der Waals surface area contributed by atoms with Crippen LogP contribution < -0.4 is 5.19 Å². The smallest absolute Gasteiger partial charge is 0.279 e. The molecule has 0 aliphatic carbocycles. The van der Waals surface area contributed by atoms with E-state index in [0.717, 1.165) is 12.1 Å². The highest BCUT2D eigenvalue weighted by molar-refractivity contribution is 6.50. The van der Waals surface area contributed by atoms with Crippen LogP contribution in [0, 0.1) is 51.3 Å². The van der Waals surface area contributed by atoms with Crippen LogP contribution in [-0.2, 0) is 4.43 Å². The summed E-state index contributed by atoms with van der Waals surface area (Å²) in [5.41, 5.74) is -2.78. The second-order valence-electron chi connectivity index (χ2n) is 13.5. The molecule has 13 nitrogen and oxygen atoms in total. The highest BCUT2D eigenvalue weighted by Crippen LogP contribution is 2.46. The van der Waals surface area contributed by atoms with E-state index in [-0.39, 0.29) is 60.3 Å². The monoisotopic (exact) mass is 642 g/mol. The van der Waals surface area contributed by atoms with Crippen molar-refractivity contribution >= 4 is 80.8 Å².